The maximum absolute atomic E-state index is 13.1. The Kier molecular flexibility index (Phi) is 4.21. The SMILES string of the molecule is Cc1nc2c(C(=O)N3CCCn4nc([C@@H](O)CO)cc4C3)cccc2[nH]1. The molecule has 0 saturated heterocycles. The Balaban J connectivity index is 1.65. The largest absolute Gasteiger partial charge is 0.393 e. The average Bonchev–Trinajstić information content (AvgIpc) is 3.16. The van der Waals surface area contributed by atoms with E-state index in [9.17, 15) is 9.90 Å². The molecule has 1 aliphatic heterocycles. The first-order valence-corrected chi connectivity index (χ1v) is 8.67. The van der Waals surface area contributed by atoms with Crippen LogP contribution in [0, 0.1) is 6.92 Å². The zero-order valence-electron chi connectivity index (χ0n) is 14.5. The lowest BCUT2D eigenvalue weighted by molar-refractivity contribution is 0.0747. The van der Waals surface area contributed by atoms with Gasteiger partial charge in [-0.15, -0.1) is 0 Å². The highest BCUT2D eigenvalue weighted by molar-refractivity contribution is 6.04. The van der Waals surface area contributed by atoms with E-state index in [1.54, 1.807) is 21.7 Å². The van der Waals surface area contributed by atoms with Crippen LogP contribution in [0.3, 0.4) is 0 Å². The van der Waals surface area contributed by atoms with Crippen molar-refractivity contribution in [2.75, 3.05) is 13.2 Å². The summed E-state index contributed by atoms with van der Waals surface area (Å²) in [6, 6.07) is 7.32. The van der Waals surface area contributed by atoms with Crippen LogP contribution in [-0.4, -0.2) is 53.9 Å². The van der Waals surface area contributed by atoms with Gasteiger partial charge >= 0.3 is 0 Å². The average molecular weight is 355 g/mol. The van der Waals surface area contributed by atoms with E-state index in [4.69, 9.17) is 5.11 Å². The fraction of sp³-hybridized carbons (Fsp3) is 0.389. The first kappa shape index (κ1) is 16.7. The Morgan fingerprint density at radius 2 is 2.23 bits per heavy atom. The van der Waals surface area contributed by atoms with E-state index in [-0.39, 0.29) is 12.5 Å². The van der Waals surface area contributed by atoms with Gasteiger partial charge in [0.2, 0.25) is 0 Å². The molecule has 26 heavy (non-hydrogen) atoms. The van der Waals surface area contributed by atoms with Crippen molar-refractivity contribution in [2.24, 2.45) is 0 Å². The summed E-state index contributed by atoms with van der Waals surface area (Å²) < 4.78 is 1.81. The van der Waals surface area contributed by atoms with Gasteiger partial charge in [0, 0.05) is 13.1 Å². The van der Waals surface area contributed by atoms with Crippen LogP contribution in [0.25, 0.3) is 11.0 Å². The molecule has 0 bridgehead atoms. The standard InChI is InChI=1S/C18H21N5O3/c1-11-19-14-5-2-4-13(17(14)20-11)18(26)22-6-3-7-23-12(9-22)8-15(21-23)16(25)10-24/h2,4-5,8,16,24-25H,3,6-7,9-10H2,1H3,(H,19,20)/t16-/m0/s1. The molecule has 4 rings (SSSR count). The smallest absolute Gasteiger partial charge is 0.256 e. The number of aromatic amines is 1. The van der Waals surface area contributed by atoms with Crippen LogP contribution in [-0.2, 0) is 13.1 Å². The van der Waals surface area contributed by atoms with Gasteiger partial charge in [-0.1, -0.05) is 6.07 Å². The number of nitrogens with zero attached hydrogens (tertiary/aromatic N) is 4. The number of aliphatic hydroxyl groups excluding tert-OH is 2. The number of carbonyl (C=O) groups is 1. The lowest BCUT2D eigenvalue weighted by Gasteiger charge is -2.20. The minimum atomic E-state index is -1.00. The lowest BCUT2D eigenvalue weighted by atomic mass is 10.1. The molecule has 8 nitrogen and oxygen atoms in total. The van der Waals surface area contributed by atoms with Crippen molar-refractivity contribution in [3.8, 4) is 0 Å². The first-order chi connectivity index (χ1) is 12.6. The Hall–Kier alpha value is -2.71. The molecule has 0 fully saturated rings. The molecule has 1 aliphatic rings. The fourth-order valence-corrected chi connectivity index (χ4v) is 3.41. The van der Waals surface area contributed by atoms with Crippen molar-refractivity contribution in [3.05, 3.63) is 47.0 Å². The molecule has 1 amide bonds. The van der Waals surface area contributed by atoms with E-state index in [0.717, 1.165) is 23.5 Å². The number of benzene rings is 1. The summed E-state index contributed by atoms with van der Waals surface area (Å²) in [5.41, 5.74) is 3.40. The molecule has 3 aromatic rings. The number of aryl methyl sites for hydroxylation is 2. The van der Waals surface area contributed by atoms with Crippen molar-refractivity contribution in [1.29, 1.82) is 0 Å². The van der Waals surface area contributed by atoms with Gasteiger partial charge in [0.25, 0.3) is 5.91 Å². The van der Waals surface area contributed by atoms with Gasteiger partial charge in [-0.25, -0.2) is 4.98 Å². The molecular formula is C18H21N5O3. The second kappa shape index (κ2) is 6.54. The summed E-state index contributed by atoms with van der Waals surface area (Å²) in [6.45, 7) is 3.19. The molecular weight excluding hydrogens is 334 g/mol. The number of nitrogens with one attached hydrogen (secondary N) is 1. The number of aromatic nitrogens is 4. The second-order valence-corrected chi connectivity index (χ2v) is 6.59. The maximum atomic E-state index is 13.1. The monoisotopic (exact) mass is 355 g/mol. The summed E-state index contributed by atoms with van der Waals surface area (Å²) in [4.78, 5) is 22.5. The normalized spacial score (nSPS) is 15.7. The zero-order chi connectivity index (χ0) is 18.3. The number of aliphatic hydroxyl groups is 2. The van der Waals surface area contributed by atoms with Gasteiger partial charge in [-0.3, -0.25) is 9.48 Å². The van der Waals surface area contributed by atoms with Crippen LogP contribution in [0.1, 0.15) is 40.1 Å². The van der Waals surface area contributed by atoms with E-state index < -0.39 is 6.10 Å². The Morgan fingerprint density at radius 3 is 3.04 bits per heavy atom. The molecule has 3 N–H and O–H groups in total. The topological polar surface area (TPSA) is 107 Å². The van der Waals surface area contributed by atoms with E-state index in [1.165, 1.54) is 0 Å². The fourth-order valence-electron chi connectivity index (χ4n) is 3.41. The summed E-state index contributed by atoms with van der Waals surface area (Å²) >= 11 is 0. The van der Waals surface area contributed by atoms with Gasteiger partial charge in [-0.05, 0) is 31.5 Å². The minimum absolute atomic E-state index is 0.0685. The van der Waals surface area contributed by atoms with Crippen LogP contribution >= 0.6 is 0 Å². The number of fused-ring (bicyclic) bond motifs is 2. The molecule has 136 valence electrons. The number of H-pyrrole nitrogens is 1. The highest BCUT2D eigenvalue weighted by atomic mass is 16.3. The van der Waals surface area contributed by atoms with Gasteiger partial charge in [0.1, 0.15) is 17.4 Å². The molecule has 1 atom stereocenters. The van der Waals surface area contributed by atoms with Crippen molar-refractivity contribution in [1.82, 2.24) is 24.6 Å². The number of hydrogen-bond donors (Lipinski definition) is 3. The molecule has 3 heterocycles. The van der Waals surface area contributed by atoms with Crippen LogP contribution in [0.15, 0.2) is 24.3 Å². The van der Waals surface area contributed by atoms with Crippen molar-refractivity contribution in [3.63, 3.8) is 0 Å². The van der Waals surface area contributed by atoms with E-state index in [2.05, 4.69) is 15.1 Å². The van der Waals surface area contributed by atoms with Crippen LogP contribution in [0.5, 0.6) is 0 Å². The van der Waals surface area contributed by atoms with Gasteiger partial charge in [-0.2, -0.15) is 5.10 Å². The summed E-state index contributed by atoms with van der Waals surface area (Å²) in [5, 5.41) is 23.3. The Bertz CT molecular complexity index is 961. The molecule has 0 unspecified atom stereocenters. The van der Waals surface area contributed by atoms with Crippen LogP contribution in [0.4, 0.5) is 0 Å². The molecule has 0 spiro atoms. The van der Waals surface area contributed by atoms with E-state index in [1.807, 2.05) is 19.1 Å². The lowest BCUT2D eigenvalue weighted by Crippen LogP contribution is -2.30. The van der Waals surface area contributed by atoms with E-state index >= 15 is 0 Å². The van der Waals surface area contributed by atoms with Gasteiger partial charge < -0.3 is 20.1 Å². The quantitative estimate of drug-likeness (QED) is 0.653. The van der Waals surface area contributed by atoms with Crippen LogP contribution < -0.4 is 0 Å². The number of hydrogen-bond acceptors (Lipinski definition) is 5. The summed E-state index contributed by atoms with van der Waals surface area (Å²) in [7, 11) is 0. The Morgan fingerprint density at radius 1 is 1.38 bits per heavy atom. The highest BCUT2D eigenvalue weighted by Crippen LogP contribution is 2.22. The second-order valence-electron chi connectivity index (χ2n) is 6.59. The van der Waals surface area contributed by atoms with E-state index in [0.29, 0.717) is 36.4 Å². The third kappa shape index (κ3) is 2.87. The number of imidazole rings is 1. The molecule has 0 radical (unpaired) electrons. The molecule has 0 aliphatic carbocycles. The number of para-hydroxylation sites is 1. The molecule has 0 saturated carbocycles. The summed E-state index contributed by atoms with van der Waals surface area (Å²) in [6.07, 6.45) is -0.232. The minimum Gasteiger partial charge on any atom is -0.393 e. The third-order valence-corrected chi connectivity index (χ3v) is 4.70. The number of amides is 1. The number of rotatable bonds is 3. The van der Waals surface area contributed by atoms with Crippen LogP contribution in [0.2, 0.25) is 0 Å². The summed E-state index contributed by atoms with van der Waals surface area (Å²) in [5.74, 6) is 0.706. The predicted octanol–water partition coefficient (Wildman–Crippen LogP) is 1.14. The zero-order valence-corrected chi connectivity index (χ0v) is 14.5. The van der Waals surface area contributed by atoms with Gasteiger partial charge in [0.05, 0.1) is 35.6 Å². The van der Waals surface area contributed by atoms with Crippen molar-refractivity contribution < 1.29 is 15.0 Å². The predicted molar refractivity (Wildman–Crippen MR) is 94.5 cm³/mol. The highest BCUT2D eigenvalue weighted by Gasteiger charge is 2.24. The molecule has 1 aromatic carbocycles. The molecule has 2 aromatic heterocycles. The Labute approximate surface area is 150 Å². The van der Waals surface area contributed by atoms with Gasteiger partial charge in [0.15, 0.2) is 0 Å². The van der Waals surface area contributed by atoms with Crippen molar-refractivity contribution in [2.45, 2.75) is 32.5 Å². The maximum Gasteiger partial charge on any atom is 0.256 e. The first-order valence-electron chi connectivity index (χ1n) is 8.67. The molecule has 8 heteroatoms. The number of carbonyl (C=O) groups excluding carboxylic acids is 1. The third-order valence-electron chi connectivity index (χ3n) is 4.70. The van der Waals surface area contributed by atoms with Crippen molar-refractivity contribution >= 4 is 16.9 Å².